The number of halogens is 7. The number of carbonyl (C=O) groups is 3. The molecular formula is C79H89BClF5IN20O11. The van der Waals surface area contributed by atoms with Gasteiger partial charge in [0.1, 0.15) is 70.1 Å². The molecule has 0 unspecified atom stereocenters. The molecule has 0 aliphatic carbocycles. The average molecular weight is 1760 g/mol. The van der Waals surface area contributed by atoms with Crippen molar-refractivity contribution in [3.05, 3.63) is 309 Å². The zero-order valence-corrected chi connectivity index (χ0v) is 65.8. The fourth-order valence-corrected chi connectivity index (χ4v) is 10.3. The van der Waals surface area contributed by atoms with Gasteiger partial charge in [-0.1, -0.05) is 111 Å². The summed E-state index contributed by atoms with van der Waals surface area (Å²) < 4.78 is 104. The molecule has 0 saturated heterocycles. The molecule has 623 valence electrons. The third-order valence-electron chi connectivity index (χ3n) is 15.8. The predicted octanol–water partition coefficient (Wildman–Crippen LogP) is 13.1. The Morgan fingerprint density at radius 3 is 1.42 bits per heavy atom. The number of carbonyl (C=O) groups excluding carboxylic acids is 2. The molecule has 14 rings (SSSR count). The lowest BCUT2D eigenvalue weighted by molar-refractivity contribution is -0.0974. The number of nitrogens with one attached hydrogen (secondary N) is 5. The first-order chi connectivity index (χ1) is 55.2. The van der Waals surface area contributed by atoms with Crippen LogP contribution in [0.3, 0.4) is 0 Å². The summed E-state index contributed by atoms with van der Waals surface area (Å²) in [4.78, 5) is 54.3. The van der Waals surface area contributed by atoms with Gasteiger partial charge in [0.25, 0.3) is 11.9 Å². The molecule has 118 heavy (non-hydrogen) atoms. The number of esters is 1. The highest BCUT2D eigenvalue weighted by atomic mass is 127. The second kappa shape index (κ2) is 51.3. The van der Waals surface area contributed by atoms with Crippen LogP contribution >= 0.6 is 35.6 Å². The minimum absolute atomic E-state index is 0. The summed E-state index contributed by atoms with van der Waals surface area (Å²) in [5, 5.41) is 46.2. The Bertz CT molecular complexity index is 5260. The number of carboxylic acid groups (broad SMARTS) is 1. The van der Waals surface area contributed by atoms with Crippen molar-refractivity contribution in [2.24, 2.45) is 5.73 Å². The summed E-state index contributed by atoms with van der Waals surface area (Å²) in [5.74, 6) is -1.91. The highest BCUT2D eigenvalue weighted by Crippen LogP contribution is 2.27. The number of nitrogen functional groups attached to an aromatic ring is 2. The number of methoxy groups -OCH3 is 4. The Balaban J connectivity index is 0.000000367. The molecular weight excluding hydrogens is 1670 g/mol. The Hall–Kier alpha value is -12.7. The van der Waals surface area contributed by atoms with E-state index in [4.69, 9.17) is 66.5 Å². The van der Waals surface area contributed by atoms with Crippen molar-refractivity contribution in [1.29, 1.82) is 0 Å². The molecule has 0 saturated carbocycles. The van der Waals surface area contributed by atoms with Gasteiger partial charge in [-0.25, -0.2) is 56.2 Å². The van der Waals surface area contributed by atoms with Crippen molar-refractivity contribution in [2.75, 3.05) is 59.6 Å². The number of carboxylic acids is 1. The number of anilines is 2. The number of amides is 1. The molecule has 5 aromatic carbocycles. The van der Waals surface area contributed by atoms with Crippen LogP contribution < -0.4 is 22.5 Å². The lowest BCUT2D eigenvalue weighted by Crippen LogP contribution is -2.34. The van der Waals surface area contributed by atoms with E-state index < -0.39 is 18.2 Å². The van der Waals surface area contributed by atoms with Gasteiger partial charge in [-0.15, -0.1) is 24.0 Å². The minimum atomic E-state index is -1.07. The maximum atomic E-state index is 14.0. The lowest BCUT2D eigenvalue weighted by atomic mass is 10.1. The average Bonchev–Trinajstić information content (AvgIpc) is 1.65. The van der Waals surface area contributed by atoms with Crippen LogP contribution in [0.4, 0.5) is 33.6 Å². The van der Waals surface area contributed by atoms with Crippen LogP contribution in [0.5, 0.6) is 0 Å². The number of aromatic amines is 4. The molecule has 0 fully saturated rings. The topological polar surface area (TPSA) is 444 Å². The molecule has 0 aliphatic heterocycles. The number of aromatic nitrogens is 16. The van der Waals surface area contributed by atoms with Crippen LogP contribution in [-0.4, -0.2) is 173 Å². The van der Waals surface area contributed by atoms with Gasteiger partial charge in [0.2, 0.25) is 11.2 Å². The highest BCUT2D eigenvalue weighted by molar-refractivity contribution is 14.0. The van der Waals surface area contributed by atoms with Crippen LogP contribution in [0.15, 0.2) is 211 Å². The summed E-state index contributed by atoms with van der Waals surface area (Å²) >= 11 is 5.34. The van der Waals surface area contributed by atoms with Crippen molar-refractivity contribution in [3.8, 4) is 28.7 Å². The number of aromatic carboxylic acids is 1. The largest absolute Gasteiger partial charge is 0.478 e. The van der Waals surface area contributed by atoms with E-state index in [-0.39, 0.29) is 133 Å². The van der Waals surface area contributed by atoms with Gasteiger partial charge in [0.15, 0.2) is 12.6 Å². The second-order valence-corrected chi connectivity index (χ2v) is 23.7. The number of nitrogens with two attached hydrogens (primary N) is 3. The zero-order chi connectivity index (χ0) is 81.7. The van der Waals surface area contributed by atoms with E-state index in [1.165, 1.54) is 92.7 Å². The normalized spacial score (nSPS) is 10.2. The van der Waals surface area contributed by atoms with Gasteiger partial charge in [0.05, 0.1) is 78.0 Å². The summed E-state index contributed by atoms with van der Waals surface area (Å²) in [6.45, 7) is 2.64. The molecule has 31 nitrogen and oxygen atoms in total. The van der Waals surface area contributed by atoms with Crippen LogP contribution in [0, 0.1) is 29.1 Å². The van der Waals surface area contributed by atoms with Crippen molar-refractivity contribution in [2.45, 2.75) is 66.5 Å². The maximum Gasteiger partial charge on any atom is 0.341 e. The van der Waals surface area contributed by atoms with Gasteiger partial charge in [0, 0.05) is 113 Å². The Morgan fingerprint density at radius 2 is 1.00 bits per heavy atom. The van der Waals surface area contributed by atoms with Crippen molar-refractivity contribution in [3.63, 3.8) is 0 Å². The second-order valence-electron chi connectivity index (χ2n) is 23.4. The summed E-state index contributed by atoms with van der Waals surface area (Å²) in [7, 11) is 6.09. The number of H-pyrrole nitrogens is 4. The van der Waals surface area contributed by atoms with Gasteiger partial charge in [-0.05, 0) is 88.8 Å². The van der Waals surface area contributed by atoms with E-state index in [0.717, 1.165) is 11.3 Å². The molecule has 14 aromatic rings. The number of nitrogens with zero attached hydrogens (tertiary/aromatic N) is 12. The fraction of sp³-hybridized carbons (Fsp3) is 0.215. The predicted molar refractivity (Wildman–Crippen MR) is 443 cm³/mol. The van der Waals surface area contributed by atoms with Gasteiger partial charge >= 0.3 is 11.9 Å². The minimum Gasteiger partial charge on any atom is -0.478 e. The third kappa shape index (κ3) is 29.8. The van der Waals surface area contributed by atoms with E-state index in [9.17, 15) is 36.3 Å². The van der Waals surface area contributed by atoms with E-state index >= 15 is 0 Å². The smallest absolute Gasteiger partial charge is 0.341 e. The van der Waals surface area contributed by atoms with Gasteiger partial charge in [-0.2, -0.15) is 30.5 Å². The third-order valence-corrected chi connectivity index (χ3v) is 16.0. The molecule has 39 heteroatoms. The quantitative estimate of drug-likeness (QED) is 0.00677. The van der Waals surface area contributed by atoms with E-state index in [0.29, 0.717) is 116 Å². The molecule has 9 heterocycles. The van der Waals surface area contributed by atoms with Crippen molar-refractivity contribution in [1.82, 2.24) is 86.0 Å². The first-order valence-electron chi connectivity index (χ1n) is 34.2. The summed E-state index contributed by atoms with van der Waals surface area (Å²) in [6, 6.07) is 37.2. The van der Waals surface area contributed by atoms with Crippen LogP contribution in [-0.2, 0) is 55.8 Å². The van der Waals surface area contributed by atoms with Gasteiger partial charge in [-0.3, -0.25) is 25.2 Å². The molecule has 0 aliphatic rings. The highest BCUT2D eigenvalue weighted by Gasteiger charge is 2.22. The standard InChI is InChI=1S/C17H13FN6O.C15H18FN3O3.C13H10FN3O.C13H13FN2O2.C11H9FN2O2.C4H4ClN3.C4H11NO2.2CH4.B.HI.H2/c18-13-4-2-1-3-11(13)9-14-12(16-20-7-8-25-16)10-24(23-14)17-21-6-5-15(19)22-17;1-21-14(22-2)9-17-15(20)11-8-18-19-13(11)7-10-5-3-4-6-12(10)16;14-11-4-2-1-3-9(11)7-13-10(8-15-16-13)12-5-6-18-17-12;1-2-18-13(17)10-8-15-16-12(10)7-9-5-3-4-6-11(9)14;12-9-4-2-1-3-7(9)5-10-8(11(15)16)6-13-14-10;5-4-7-2-1-3(6)8-4;1-6-4(3-5)7-2;;;;;/h1-8,10H,9H2,(H2,19,21,22);3-6,8,14H,7,9H2,1-2H3,(H,17,20)(H,18,19);1-6,8H,7H2,(H,15,16);3-6,8H,2,7H2,1H3,(H,15,16);1-4,6H,5H2,(H,13,14)(H,15,16);1-2H,(H2,6,7,8);4H,3,5H2,1-2H3;2*1H4;;2*1H. The van der Waals surface area contributed by atoms with E-state index in [2.05, 4.69) is 81.3 Å². The molecule has 3 radical (unpaired) electrons. The van der Waals surface area contributed by atoms with Crippen molar-refractivity contribution >= 4 is 73.5 Å². The number of hydrogen-bond donors (Lipinski definition) is 9. The number of ether oxygens (including phenoxy) is 5. The Labute approximate surface area is 700 Å². The number of hydrogen-bond acceptors (Lipinski definition) is 24. The Morgan fingerprint density at radius 1 is 0.559 bits per heavy atom. The Kier molecular flexibility index (Phi) is 42.4. The molecule has 0 atom stereocenters. The number of oxazole rings is 1. The first kappa shape index (κ1) is 97.6. The molecule has 0 bridgehead atoms. The van der Waals surface area contributed by atoms with Gasteiger partial charge < -0.3 is 60.2 Å². The summed E-state index contributed by atoms with van der Waals surface area (Å²) in [5.41, 5.74) is 24.5. The van der Waals surface area contributed by atoms with Crippen LogP contribution in [0.1, 0.15) is 111 Å². The SMILES string of the molecule is C.C.CCOC(=O)c1cn[nH]c1Cc1ccccc1F.COC(CN)OC.COC(CNC(=O)c1cn[nH]c1Cc1ccccc1F)OC.Fc1ccccc1Cc1[nH]ncc1-c1ccon1.I.Nc1ccnc(-n2cc(-c3ncco3)c(Cc3ccccc3F)n2)n1.Nc1ccnc(Cl)n1.O=C(O)c1cn[nH]c1Cc1ccccc1F.[B].[HH]. The molecule has 1 amide bonds. The zero-order valence-electron chi connectivity index (χ0n) is 62.7. The first-order valence-corrected chi connectivity index (χ1v) is 34.6. The van der Waals surface area contributed by atoms with Crippen molar-refractivity contribution < 1.29 is 75.5 Å². The number of rotatable bonds is 24. The molecule has 12 N–H and O–H groups in total. The lowest BCUT2D eigenvalue weighted by Gasteiger charge is -2.14. The molecule has 9 aromatic heterocycles. The molecule has 0 spiro atoms. The summed E-state index contributed by atoms with van der Waals surface area (Å²) in [6.07, 6.45) is 15.6. The monoisotopic (exact) mass is 1760 g/mol. The van der Waals surface area contributed by atoms with Crippen LogP contribution in [0.2, 0.25) is 5.28 Å². The number of benzene rings is 5. The maximum absolute atomic E-state index is 14.0. The van der Waals surface area contributed by atoms with E-state index in [1.807, 2.05) is 6.07 Å². The fourth-order valence-electron chi connectivity index (χ4n) is 10.1. The van der Waals surface area contributed by atoms with E-state index in [1.54, 1.807) is 143 Å². The van der Waals surface area contributed by atoms with Crippen LogP contribution in [0.25, 0.3) is 28.7 Å².